The van der Waals surface area contributed by atoms with Crippen molar-refractivity contribution in [3.8, 4) is 56.8 Å². The predicted molar refractivity (Wildman–Crippen MR) is 284 cm³/mol. The van der Waals surface area contributed by atoms with Crippen molar-refractivity contribution in [1.82, 2.24) is 0 Å². The van der Waals surface area contributed by atoms with E-state index in [1.807, 2.05) is 72.8 Å². The van der Waals surface area contributed by atoms with Gasteiger partial charge in [-0.3, -0.25) is 0 Å². The van der Waals surface area contributed by atoms with E-state index in [2.05, 4.69) is 13.8 Å². The van der Waals surface area contributed by atoms with Crippen molar-refractivity contribution in [2.75, 3.05) is 20.3 Å². The number of carbonyl (C=O) groups excluding carboxylic acids is 3. The van der Waals surface area contributed by atoms with Gasteiger partial charge in [-0.15, -0.1) is 0 Å². The highest BCUT2D eigenvalue weighted by atomic mass is 16.6. The van der Waals surface area contributed by atoms with Gasteiger partial charge in [-0.2, -0.15) is 0 Å². The number of hydrogen-bond acceptors (Lipinski definition) is 9. The second-order valence-corrected chi connectivity index (χ2v) is 18.1. The van der Waals surface area contributed by atoms with Crippen molar-refractivity contribution >= 4 is 17.9 Å². The number of carbonyl (C=O) groups is 3. The Balaban J connectivity index is 0.924. The molecule has 0 unspecified atom stereocenters. The van der Waals surface area contributed by atoms with Crippen LogP contribution in [0.3, 0.4) is 0 Å². The zero-order valence-corrected chi connectivity index (χ0v) is 42.1. The Hall–Kier alpha value is -6.87. The van der Waals surface area contributed by atoms with Gasteiger partial charge in [0.2, 0.25) is 0 Å². The van der Waals surface area contributed by atoms with Gasteiger partial charge < -0.3 is 28.4 Å². The lowest BCUT2D eigenvalue weighted by Gasteiger charge is -2.12. The number of methoxy groups -OCH3 is 1. The minimum Gasteiger partial charge on any atom is -0.494 e. The number of esters is 3. The highest BCUT2D eigenvalue weighted by Crippen LogP contribution is 2.31. The maximum absolute atomic E-state index is 13.3. The maximum atomic E-state index is 13.3. The Morgan fingerprint density at radius 2 is 0.676 bits per heavy atom. The lowest BCUT2D eigenvalue weighted by molar-refractivity contribution is 0.0724. The molecule has 0 saturated heterocycles. The number of benzene rings is 6. The van der Waals surface area contributed by atoms with E-state index < -0.39 is 17.9 Å². The van der Waals surface area contributed by atoms with Crippen LogP contribution < -0.4 is 28.4 Å². The van der Waals surface area contributed by atoms with Crippen LogP contribution in [0.25, 0.3) is 22.3 Å². The fourth-order valence-electron chi connectivity index (χ4n) is 8.27. The summed E-state index contributed by atoms with van der Waals surface area (Å²) in [5.41, 5.74) is 4.46. The lowest BCUT2D eigenvalue weighted by Crippen LogP contribution is -2.13. The third kappa shape index (κ3) is 18.1. The van der Waals surface area contributed by atoms with Crippen LogP contribution in [-0.4, -0.2) is 38.2 Å². The van der Waals surface area contributed by atoms with Gasteiger partial charge in [0.25, 0.3) is 0 Å². The molecule has 6 rings (SSSR count). The molecular weight excluding hydrogens is 889 g/mol. The molecule has 0 fully saturated rings. The molecule has 0 amide bonds. The molecule has 0 saturated carbocycles. The average molecular weight is 961 g/mol. The van der Waals surface area contributed by atoms with E-state index >= 15 is 0 Å². The molecule has 0 aliphatic carbocycles. The summed E-state index contributed by atoms with van der Waals surface area (Å²) in [5.74, 6) is 0.698. The van der Waals surface area contributed by atoms with Crippen LogP contribution in [0.2, 0.25) is 0 Å². The van der Waals surface area contributed by atoms with Crippen LogP contribution in [0.15, 0.2) is 140 Å². The van der Waals surface area contributed by atoms with E-state index in [1.54, 1.807) is 36.4 Å². The Morgan fingerprint density at radius 1 is 0.338 bits per heavy atom. The maximum Gasteiger partial charge on any atom is 0.343 e. The third-order valence-corrected chi connectivity index (χ3v) is 12.5. The largest absolute Gasteiger partial charge is 0.494 e. The number of ether oxygens (including phenoxy) is 6. The molecule has 0 aliphatic rings. The molecule has 0 atom stereocenters. The second kappa shape index (κ2) is 30.0. The van der Waals surface area contributed by atoms with E-state index in [-0.39, 0.29) is 28.2 Å². The smallest absolute Gasteiger partial charge is 0.343 e. The number of unbranched alkanes of at least 4 members (excludes halogenated alkanes) is 16. The zero-order valence-electron chi connectivity index (χ0n) is 42.1. The van der Waals surface area contributed by atoms with Gasteiger partial charge in [0.05, 0.1) is 37.0 Å². The van der Waals surface area contributed by atoms with Crippen LogP contribution in [-0.2, 0) is 0 Å². The fraction of sp³-hybridized carbons (Fsp3) is 0.371. The van der Waals surface area contributed by atoms with E-state index in [0.717, 1.165) is 46.6 Å². The van der Waals surface area contributed by atoms with Crippen LogP contribution in [0.5, 0.6) is 34.5 Å². The van der Waals surface area contributed by atoms with Gasteiger partial charge in [0.1, 0.15) is 23.0 Å². The van der Waals surface area contributed by atoms with Crippen molar-refractivity contribution in [1.29, 1.82) is 0 Å². The molecule has 0 radical (unpaired) electrons. The average Bonchev–Trinajstić information content (AvgIpc) is 3.40. The molecule has 0 bridgehead atoms. The molecule has 0 N–H and O–H groups in total. The minimum atomic E-state index is -0.728. The van der Waals surface area contributed by atoms with Crippen molar-refractivity contribution < 1.29 is 42.8 Å². The van der Waals surface area contributed by atoms with E-state index in [1.165, 1.54) is 140 Å². The molecular formula is C62H72O9. The summed E-state index contributed by atoms with van der Waals surface area (Å²) in [6, 6.07) is 41.0. The van der Waals surface area contributed by atoms with E-state index in [0.29, 0.717) is 24.7 Å². The van der Waals surface area contributed by atoms with Crippen LogP contribution >= 0.6 is 0 Å². The summed E-state index contributed by atoms with van der Waals surface area (Å²) >= 11 is 0. The molecule has 0 spiro atoms. The molecule has 9 heteroatoms. The Morgan fingerprint density at radius 3 is 1.06 bits per heavy atom. The van der Waals surface area contributed by atoms with Gasteiger partial charge >= 0.3 is 17.9 Å². The molecule has 6 aromatic rings. The summed E-state index contributed by atoms with van der Waals surface area (Å²) in [6.07, 6.45) is 23.0. The minimum absolute atomic E-state index is 0.0858. The topological polar surface area (TPSA) is 107 Å². The summed E-state index contributed by atoms with van der Waals surface area (Å²) in [5, 5.41) is 0. The van der Waals surface area contributed by atoms with Gasteiger partial charge in [0, 0.05) is 0 Å². The van der Waals surface area contributed by atoms with Crippen LogP contribution in [0.1, 0.15) is 160 Å². The third-order valence-electron chi connectivity index (χ3n) is 12.5. The van der Waals surface area contributed by atoms with Gasteiger partial charge in [-0.25, -0.2) is 14.4 Å². The van der Waals surface area contributed by atoms with Crippen molar-refractivity contribution in [3.05, 3.63) is 156 Å². The quantitative estimate of drug-likeness (QED) is 0.0239. The molecule has 0 heterocycles. The van der Waals surface area contributed by atoms with Gasteiger partial charge in [0.15, 0.2) is 11.5 Å². The molecule has 374 valence electrons. The van der Waals surface area contributed by atoms with Crippen molar-refractivity contribution in [3.63, 3.8) is 0 Å². The first-order chi connectivity index (χ1) is 34.8. The Labute approximate surface area is 421 Å². The first-order valence-electron chi connectivity index (χ1n) is 25.9. The molecule has 0 aromatic heterocycles. The summed E-state index contributed by atoms with van der Waals surface area (Å²) < 4.78 is 34.4. The molecule has 71 heavy (non-hydrogen) atoms. The fourth-order valence-corrected chi connectivity index (χ4v) is 8.27. The monoisotopic (exact) mass is 961 g/mol. The predicted octanol–water partition coefficient (Wildman–Crippen LogP) is 16.5. The Bertz CT molecular complexity index is 2510. The highest BCUT2D eigenvalue weighted by molar-refractivity contribution is 5.97. The Kier molecular flexibility index (Phi) is 22.6. The standard InChI is InChI=1S/C62H72O9/c1-4-6-8-10-12-14-16-18-20-43-67-54-34-25-47(26-35-54)49-29-38-56(39-30-49)69-60(63)51-23-22-24-52(45-51)62(65)71-58-42-33-53(46-59(58)66-3)61(64)70-57-40-31-50(32-41-57)48-27-36-55(37-28-48)68-44-21-19-17-15-13-11-9-7-5-2/h22-42,45-46H,4-21,43-44H2,1-3H3. The van der Waals surface area contributed by atoms with Gasteiger partial charge in [-0.1, -0.05) is 171 Å². The highest BCUT2D eigenvalue weighted by Gasteiger charge is 2.19. The summed E-state index contributed by atoms with van der Waals surface area (Å²) in [4.78, 5) is 39.7. The number of rotatable bonds is 31. The van der Waals surface area contributed by atoms with Gasteiger partial charge in [-0.05, 0) is 120 Å². The molecule has 0 aliphatic heterocycles. The second-order valence-electron chi connectivity index (χ2n) is 18.1. The van der Waals surface area contributed by atoms with Crippen molar-refractivity contribution in [2.24, 2.45) is 0 Å². The first-order valence-corrected chi connectivity index (χ1v) is 25.9. The summed E-state index contributed by atoms with van der Waals surface area (Å²) in [6.45, 7) is 5.93. The van der Waals surface area contributed by atoms with Crippen molar-refractivity contribution in [2.45, 2.75) is 129 Å². The van der Waals surface area contributed by atoms with Crippen LogP contribution in [0.4, 0.5) is 0 Å². The SMILES string of the molecule is CCCCCCCCCCCOc1ccc(-c2ccc(OC(=O)c3cccc(C(=O)Oc4ccc(C(=O)Oc5ccc(-c6ccc(OCCCCCCCCCCC)cc6)cc5)cc4OC)c3)cc2)cc1. The zero-order chi connectivity index (χ0) is 49.9. The summed E-state index contributed by atoms with van der Waals surface area (Å²) in [7, 11) is 1.41. The van der Waals surface area contributed by atoms with Crippen LogP contribution in [0, 0.1) is 0 Å². The molecule has 6 aromatic carbocycles. The van der Waals surface area contributed by atoms with E-state index in [9.17, 15) is 14.4 Å². The lowest BCUT2D eigenvalue weighted by atomic mass is 10.1. The first kappa shape index (κ1) is 53.5. The molecule has 9 nitrogen and oxygen atoms in total. The van der Waals surface area contributed by atoms with E-state index in [4.69, 9.17) is 28.4 Å². The number of hydrogen-bond donors (Lipinski definition) is 0. The normalized spacial score (nSPS) is 10.9.